The number of aromatic nitrogens is 2. The summed E-state index contributed by atoms with van der Waals surface area (Å²) in [5.41, 5.74) is 2.60. The van der Waals surface area contributed by atoms with Crippen LogP contribution in [0, 0.1) is 13.8 Å². The molecule has 1 aliphatic heterocycles. The van der Waals surface area contributed by atoms with Crippen molar-refractivity contribution in [1.29, 1.82) is 0 Å². The summed E-state index contributed by atoms with van der Waals surface area (Å²) in [6.45, 7) is 4.93. The normalized spacial score (nSPS) is 15.9. The second-order valence-electron chi connectivity index (χ2n) is 6.90. The van der Waals surface area contributed by atoms with E-state index >= 15 is 0 Å². The molecular formula is C20H22N4O3S. The second kappa shape index (κ2) is 7.73. The van der Waals surface area contributed by atoms with Crippen molar-refractivity contribution >= 4 is 23.1 Å². The fraction of sp³-hybridized carbons (Fsp3) is 0.350. The van der Waals surface area contributed by atoms with Gasteiger partial charge in [-0.05, 0) is 19.9 Å². The van der Waals surface area contributed by atoms with Crippen molar-refractivity contribution in [3.63, 3.8) is 0 Å². The molecular weight excluding hydrogens is 376 g/mol. The van der Waals surface area contributed by atoms with Crippen LogP contribution < -0.4 is 10.6 Å². The van der Waals surface area contributed by atoms with E-state index < -0.39 is 5.54 Å². The van der Waals surface area contributed by atoms with Gasteiger partial charge in [0.1, 0.15) is 5.54 Å². The Bertz CT molecular complexity index is 975. The molecule has 146 valence electrons. The number of urea groups is 1. The second-order valence-corrected chi connectivity index (χ2v) is 7.97. The van der Waals surface area contributed by atoms with Crippen LogP contribution in [0.3, 0.4) is 0 Å². The number of para-hydroxylation sites is 1. The first-order valence-electron chi connectivity index (χ1n) is 9.18. The van der Waals surface area contributed by atoms with Crippen LogP contribution in [-0.4, -0.2) is 29.4 Å². The summed E-state index contributed by atoms with van der Waals surface area (Å²) in [5, 5.41) is 13.1. The Balaban J connectivity index is 1.57. The summed E-state index contributed by atoms with van der Waals surface area (Å²) in [6.07, 6.45) is 1.25. The Morgan fingerprint density at radius 1 is 1.21 bits per heavy atom. The molecule has 0 atom stereocenters. The van der Waals surface area contributed by atoms with Gasteiger partial charge >= 0.3 is 6.03 Å². The molecule has 2 amide bonds. The third-order valence-electron chi connectivity index (χ3n) is 4.87. The zero-order chi connectivity index (χ0) is 19.6. The molecule has 0 bridgehead atoms. The number of carbonyl (C=O) groups excluding carboxylic acids is 1. The molecule has 1 fully saturated rings. The molecule has 8 heteroatoms. The average molecular weight is 398 g/mol. The van der Waals surface area contributed by atoms with E-state index in [-0.39, 0.29) is 6.03 Å². The lowest BCUT2D eigenvalue weighted by atomic mass is 9.87. The maximum absolute atomic E-state index is 12.9. The van der Waals surface area contributed by atoms with Crippen LogP contribution in [0.25, 0.3) is 11.3 Å². The molecule has 1 aliphatic rings. The van der Waals surface area contributed by atoms with Crippen molar-refractivity contribution in [3.8, 4) is 11.3 Å². The van der Waals surface area contributed by atoms with Gasteiger partial charge in [-0.3, -0.25) is 0 Å². The maximum Gasteiger partial charge on any atom is 0.320 e. The molecule has 4 rings (SSSR count). The standard InChI is InChI=1S/C20H22N4O3S/c1-13-11-18(27-24-13)20(7-9-26-10-8-20)23-19(25)22-16-6-4-3-5-15(16)17-12-28-14(2)21-17/h3-6,11-12H,7-10H2,1-2H3,(H2,22,23,25). The summed E-state index contributed by atoms with van der Waals surface area (Å²) in [7, 11) is 0. The summed E-state index contributed by atoms with van der Waals surface area (Å²) >= 11 is 1.58. The zero-order valence-corrected chi connectivity index (χ0v) is 16.6. The van der Waals surface area contributed by atoms with Gasteiger partial charge in [-0.15, -0.1) is 11.3 Å². The molecule has 2 N–H and O–H groups in total. The number of aryl methyl sites for hydroxylation is 2. The minimum Gasteiger partial charge on any atom is -0.381 e. The Kier molecular flexibility index (Phi) is 5.15. The van der Waals surface area contributed by atoms with E-state index in [1.807, 2.05) is 49.6 Å². The fourth-order valence-electron chi connectivity index (χ4n) is 3.42. The number of ether oxygens (including phenoxy) is 1. The number of benzene rings is 1. The summed E-state index contributed by atoms with van der Waals surface area (Å²) in [6, 6.07) is 9.23. The first-order valence-corrected chi connectivity index (χ1v) is 10.1. The van der Waals surface area contributed by atoms with E-state index in [1.165, 1.54) is 0 Å². The predicted octanol–water partition coefficient (Wildman–Crippen LogP) is 4.24. The third-order valence-corrected chi connectivity index (χ3v) is 5.64. The minimum atomic E-state index is -0.629. The molecule has 0 unspecified atom stereocenters. The van der Waals surface area contributed by atoms with Crippen LogP contribution in [0.15, 0.2) is 40.2 Å². The largest absolute Gasteiger partial charge is 0.381 e. The van der Waals surface area contributed by atoms with Gasteiger partial charge in [0, 0.05) is 43.1 Å². The third kappa shape index (κ3) is 3.79. The van der Waals surface area contributed by atoms with Crippen molar-refractivity contribution in [2.45, 2.75) is 32.2 Å². The van der Waals surface area contributed by atoms with Gasteiger partial charge in [-0.1, -0.05) is 23.4 Å². The number of amides is 2. The van der Waals surface area contributed by atoms with E-state index in [0.29, 0.717) is 37.5 Å². The quantitative estimate of drug-likeness (QED) is 0.686. The molecule has 7 nitrogen and oxygen atoms in total. The van der Waals surface area contributed by atoms with Crippen molar-refractivity contribution in [3.05, 3.63) is 52.2 Å². The van der Waals surface area contributed by atoms with Crippen LogP contribution in [0.5, 0.6) is 0 Å². The highest BCUT2D eigenvalue weighted by atomic mass is 32.1. The monoisotopic (exact) mass is 398 g/mol. The van der Waals surface area contributed by atoms with Crippen LogP contribution in [-0.2, 0) is 10.3 Å². The van der Waals surface area contributed by atoms with Gasteiger partial charge < -0.3 is 19.9 Å². The van der Waals surface area contributed by atoms with E-state index in [9.17, 15) is 4.79 Å². The van der Waals surface area contributed by atoms with Gasteiger partial charge in [0.05, 0.1) is 22.1 Å². The van der Waals surface area contributed by atoms with Crippen molar-refractivity contribution in [2.75, 3.05) is 18.5 Å². The molecule has 2 aromatic heterocycles. The van der Waals surface area contributed by atoms with Gasteiger partial charge in [-0.25, -0.2) is 9.78 Å². The van der Waals surface area contributed by atoms with Gasteiger partial charge in [-0.2, -0.15) is 0 Å². The summed E-state index contributed by atoms with van der Waals surface area (Å²) in [4.78, 5) is 17.4. The van der Waals surface area contributed by atoms with Crippen molar-refractivity contribution in [1.82, 2.24) is 15.5 Å². The number of nitrogens with zero attached hydrogens (tertiary/aromatic N) is 2. The molecule has 0 spiro atoms. The lowest BCUT2D eigenvalue weighted by Gasteiger charge is -2.35. The van der Waals surface area contributed by atoms with Gasteiger partial charge in [0.25, 0.3) is 0 Å². The van der Waals surface area contributed by atoms with Crippen molar-refractivity contribution < 1.29 is 14.1 Å². The fourth-order valence-corrected chi connectivity index (χ4v) is 4.03. The van der Waals surface area contributed by atoms with Crippen molar-refractivity contribution in [2.24, 2.45) is 0 Å². The van der Waals surface area contributed by atoms with E-state index in [1.54, 1.807) is 11.3 Å². The van der Waals surface area contributed by atoms with E-state index in [2.05, 4.69) is 20.8 Å². The number of hydrogen-bond donors (Lipinski definition) is 2. The molecule has 0 aliphatic carbocycles. The number of hydrogen-bond acceptors (Lipinski definition) is 6. The summed E-state index contributed by atoms with van der Waals surface area (Å²) < 4.78 is 11.0. The van der Waals surface area contributed by atoms with Crippen LogP contribution in [0.1, 0.15) is 29.3 Å². The highest BCUT2D eigenvalue weighted by molar-refractivity contribution is 7.09. The summed E-state index contributed by atoms with van der Waals surface area (Å²) in [5.74, 6) is 0.659. The zero-order valence-electron chi connectivity index (χ0n) is 15.8. The van der Waals surface area contributed by atoms with E-state index in [0.717, 1.165) is 22.0 Å². The van der Waals surface area contributed by atoms with Gasteiger partial charge in [0.15, 0.2) is 5.76 Å². The molecule has 28 heavy (non-hydrogen) atoms. The Hall–Kier alpha value is -2.71. The topological polar surface area (TPSA) is 89.3 Å². The Morgan fingerprint density at radius 3 is 2.68 bits per heavy atom. The Morgan fingerprint density at radius 2 is 2.00 bits per heavy atom. The lowest BCUT2D eigenvalue weighted by Crippen LogP contribution is -2.50. The molecule has 3 heterocycles. The molecule has 1 saturated heterocycles. The SMILES string of the molecule is Cc1cc(C2(NC(=O)Nc3ccccc3-c3csc(C)n3)CCOCC2)on1. The lowest BCUT2D eigenvalue weighted by molar-refractivity contribution is 0.0307. The molecule has 0 radical (unpaired) electrons. The minimum absolute atomic E-state index is 0.296. The van der Waals surface area contributed by atoms with Crippen LogP contribution >= 0.6 is 11.3 Å². The smallest absolute Gasteiger partial charge is 0.320 e. The molecule has 3 aromatic rings. The van der Waals surface area contributed by atoms with Crippen LogP contribution in [0.2, 0.25) is 0 Å². The van der Waals surface area contributed by atoms with E-state index in [4.69, 9.17) is 9.26 Å². The number of carbonyl (C=O) groups is 1. The number of nitrogens with one attached hydrogen (secondary N) is 2. The highest BCUT2D eigenvalue weighted by Gasteiger charge is 2.39. The molecule has 1 aromatic carbocycles. The Labute approximate surface area is 167 Å². The maximum atomic E-state index is 12.9. The number of rotatable bonds is 4. The molecule has 0 saturated carbocycles. The van der Waals surface area contributed by atoms with Crippen LogP contribution in [0.4, 0.5) is 10.5 Å². The first-order chi connectivity index (χ1) is 13.6. The first kappa shape index (κ1) is 18.6. The average Bonchev–Trinajstić information content (AvgIpc) is 3.31. The number of thiazole rings is 1. The highest BCUT2D eigenvalue weighted by Crippen LogP contribution is 2.33. The predicted molar refractivity (Wildman–Crippen MR) is 107 cm³/mol. The number of anilines is 1. The van der Waals surface area contributed by atoms with Gasteiger partial charge in [0.2, 0.25) is 0 Å².